The van der Waals surface area contributed by atoms with Gasteiger partial charge in [0.15, 0.2) is 6.29 Å². The van der Waals surface area contributed by atoms with E-state index in [2.05, 4.69) is 4.98 Å². The van der Waals surface area contributed by atoms with Crippen LogP contribution in [0.2, 0.25) is 5.02 Å². The standard InChI is InChI=1S/C12H7ClFNO/c13-10-6-8(3-4-11(10)14)12-9(7-16)2-1-5-15-12/h1-7H. The second-order valence-corrected chi connectivity index (χ2v) is 3.60. The molecule has 0 atom stereocenters. The normalized spacial score (nSPS) is 10.1. The highest BCUT2D eigenvalue weighted by atomic mass is 35.5. The van der Waals surface area contributed by atoms with Gasteiger partial charge in [-0.2, -0.15) is 0 Å². The number of aldehydes is 1. The number of carbonyl (C=O) groups excluding carboxylic acids is 1. The summed E-state index contributed by atoms with van der Waals surface area (Å²) in [4.78, 5) is 14.9. The number of nitrogens with zero attached hydrogens (tertiary/aromatic N) is 1. The molecule has 0 amide bonds. The van der Waals surface area contributed by atoms with Gasteiger partial charge >= 0.3 is 0 Å². The molecular formula is C12H7ClFNO. The number of aromatic nitrogens is 1. The lowest BCUT2D eigenvalue weighted by molar-refractivity contribution is 0.112. The van der Waals surface area contributed by atoms with E-state index in [0.717, 1.165) is 0 Å². The summed E-state index contributed by atoms with van der Waals surface area (Å²) in [6.45, 7) is 0. The van der Waals surface area contributed by atoms with E-state index in [-0.39, 0.29) is 5.02 Å². The lowest BCUT2D eigenvalue weighted by atomic mass is 10.1. The number of pyridine rings is 1. The first-order chi connectivity index (χ1) is 7.72. The maximum Gasteiger partial charge on any atom is 0.152 e. The molecule has 0 N–H and O–H groups in total. The minimum absolute atomic E-state index is 0.0139. The molecule has 80 valence electrons. The van der Waals surface area contributed by atoms with Crippen LogP contribution in [0.15, 0.2) is 36.5 Å². The molecule has 0 spiro atoms. The first-order valence-corrected chi connectivity index (χ1v) is 4.96. The quantitative estimate of drug-likeness (QED) is 0.747. The van der Waals surface area contributed by atoms with Gasteiger partial charge in [0.2, 0.25) is 0 Å². The predicted molar refractivity (Wildman–Crippen MR) is 60.0 cm³/mol. The first-order valence-electron chi connectivity index (χ1n) is 4.58. The Morgan fingerprint density at radius 2 is 2.12 bits per heavy atom. The molecule has 2 rings (SSSR count). The van der Waals surface area contributed by atoms with Gasteiger partial charge in [-0.15, -0.1) is 0 Å². The van der Waals surface area contributed by atoms with Crippen LogP contribution in [-0.2, 0) is 0 Å². The van der Waals surface area contributed by atoms with Crippen LogP contribution < -0.4 is 0 Å². The van der Waals surface area contributed by atoms with Gasteiger partial charge in [-0.05, 0) is 30.3 Å². The summed E-state index contributed by atoms with van der Waals surface area (Å²) in [5, 5.41) is 0.0139. The molecule has 0 saturated carbocycles. The molecule has 0 saturated heterocycles. The average Bonchev–Trinajstić information content (AvgIpc) is 2.32. The van der Waals surface area contributed by atoms with Crippen LogP contribution in [0.25, 0.3) is 11.3 Å². The smallest absolute Gasteiger partial charge is 0.152 e. The summed E-state index contributed by atoms with van der Waals surface area (Å²) in [5.74, 6) is -0.492. The Hall–Kier alpha value is -1.74. The van der Waals surface area contributed by atoms with Crippen LogP contribution in [-0.4, -0.2) is 11.3 Å². The zero-order chi connectivity index (χ0) is 11.5. The highest BCUT2D eigenvalue weighted by Crippen LogP contribution is 2.25. The van der Waals surface area contributed by atoms with Crippen molar-refractivity contribution in [3.63, 3.8) is 0 Å². The number of benzene rings is 1. The highest BCUT2D eigenvalue weighted by Gasteiger charge is 2.07. The SMILES string of the molecule is O=Cc1cccnc1-c1ccc(F)c(Cl)c1. The molecule has 0 fully saturated rings. The van der Waals surface area contributed by atoms with Crippen LogP contribution in [0, 0.1) is 5.82 Å². The lowest BCUT2D eigenvalue weighted by Gasteiger charge is -2.04. The van der Waals surface area contributed by atoms with Crippen molar-refractivity contribution in [2.24, 2.45) is 0 Å². The molecule has 2 nitrogen and oxygen atoms in total. The minimum Gasteiger partial charge on any atom is -0.298 e. The fraction of sp³-hybridized carbons (Fsp3) is 0. The summed E-state index contributed by atoms with van der Waals surface area (Å²) < 4.78 is 13.0. The molecule has 0 aliphatic carbocycles. The zero-order valence-corrected chi connectivity index (χ0v) is 8.91. The van der Waals surface area contributed by atoms with Crippen molar-refractivity contribution in [2.75, 3.05) is 0 Å². The van der Waals surface area contributed by atoms with E-state index in [0.29, 0.717) is 23.1 Å². The van der Waals surface area contributed by atoms with Crippen LogP contribution in [0.4, 0.5) is 4.39 Å². The number of rotatable bonds is 2. The molecule has 1 aromatic carbocycles. The largest absolute Gasteiger partial charge is 0.298 e. The van der Waals surface area contributed by atoms with Crippen molar-refractivity contribution in [1.29, 1.82) is 0 Å². The molecule has 0 bridgehead atoms. The van der Waals surface area contributed by atoms with E-state index >= 15 is 0 Å². The molecule has 0 unspecified atom stereocenters. The minimum atomic E-state index is -0.492. The summed E-state index contributed by atoms with van der Waals surface area (Å²) in [6.07, 6.45) is 2.28. The maximum atomic E-state index is 13.0. The Morgan fingerprint density at radius 3 is 2.81 bits per heavy atom. The molecule has 0 aliphatic heterocycles. The third-order valence-corrected chi connectivity index (χ3v) is 2.45. The summed E-state index contributed by atoms with van der Waals surface area (Å²) >= 11 is 5.67. The Kier molecular flexibility index (Phi) is 2.97. The van der Waals surface area contributed by atoms with Crippen molar-refractivity contribution in [1.82, 2.24) is 4.98 Å². The van der Waals surface area contributed by atoms with Crippen LogP contribution in [0.5, 0.6) is 0 Å². The Labute approximate surface area is 96.7 Å². The Morgan fingerprint density at radius 1 is 1.31 bits per heavy atom. The fourth-order valence-electron chi connectivity index (χ4n) is 1.40. The highest BCUT2D eigenvalue weighted by molar-refractivity contribution is 6.31. The van der Waals surface area contributed by atoms with Gasteiger partial charge in [-0.1, -0.05) is 11.6 Å². The molecule has 2 aromatic rings. The van der Waals surface area contributed by atoms with Crippen molar-refractivity contribution in [3.05, 3.63) is 52.9 Å². The summed E-state index contributed by atoms with van der Waals surface area (Å²) in [5.41, 5.74) is 1.57. The van der Waals surface area contributed by atoms with Crippen molar-refractivity contribution < 1.29 is 9.18 Å². The topological polar surface area (TPSA) is 30.0 Å². The summed E-state index contributed by atoms with van der Waals surface area (Å²) in [7, 11) is 0. The van der Waals surface area contributed by atoms with E-state index in [1.165, 1.54) is 18.2 Å². The van der Waals surface area contributed by atoms with E-state index in [9.17, 15) is 9.18 Å². The second kappa shape index (κ2) is 4.41. The Balaban J connectivity index is 2.58. The van der Waals surface area contributed by atoms with Gasteiger partial charge in [0, 0.05) is 17.3 Å². The number of hydrogen-bond acceptors (Lipinski definition) is 2. The number of carbonyl (C=O) groups is 1. The first kappa shape index (κ1) is 10.8. The van der Waals surface area contributed by atoms with Crippen molar-refractivity contribution >= 4 is 17.9 Å². The van der Waals surface area contributed by atoms with Gasteiger partial charge in [-0.3, -0.25) is 9.78 Å². The van der Waals surface area contributed by atoms with Gasteiger partial charge < -0.3 is 0 Å². The average molecular weight is 236 g/mol. The van der Waals surface area contributed by atoms with Crippen LogP contribution >= 0.6 is 11.6 Å². The van der Waals surface area contributed by atoms with Crippen molar-refractivity contribution in [2.45, 2.75) is 0 Å². The van der Waals surface area contributed by atoms with E-state index in [1.54, 1.807) is 18.3 Å². The molecule has 1 aromatic heterocycles. The number of halogens is 2. The predicted octanol–water partition coefficient (Wildman–Crippen LogP) is 3.35. The number of hydrogen-bond donors (Lipinski definition) is 0. The molecule has 1 heterocycles. The molecule has 16 heavy (non-hydrogen) atoms. The zero-order valence-electron chi connectivity index (χ0n) is 8.15. The summed E-state index contributed by atoms with van der Waals surface area (Å²) in [6, 6.07) is 7.55. The van der Waals surface area contributed by atoms with E-state index in [4.69, 9.17) is 11.6 Å². The fourth-order valence-corrected chi connectivity index (χ4v) is 1.58. The van der Waals surface area contributed by atoms with Gasteiger partial charge in [0.25, 0.3) is 0 Å². The van der Waals surface area contributed by atoms with Gasteiger partial charge in [0.05, 0.1) is 10.7 Å². The third kappa shape index (κ3) is 1.95. The molecule has 0 radical (unpaired) electrons. The van der Waals surface area contributed by atoms with Gasteiger partial charge in [0.1, 0.15) is 5.82 Å². The lowest BCUT2D eigenvalue weighted by Crippen LogP contribution is -1.91. The van der Waals surface area contributed by atoms with Crippen LogP contribution in [0.1, 0.15) is 10.4 Å². The second-order valence-electron chi connectivity index (χ2n) is 3.19. The van der Waals surface area contributed by atoms with Gasteiger partial charge in [-0.25, -0.2) is 4.39 Å². The van der Waals surface area contributed by atoms with E-state index in [1.807, 2.05) is 0 Å². The third-order valence-electron chi connectivity index (χ3n) is 2.16. The molecular weight excluding hydrogens is 229 g/mol. The Bertz CT molecular complexity index is 542. The molecule has 0 aliphatic rings. The maximum absolute atomic E-state index is 13.0. The van der Waals surface area contributed by atoms with Crippen molar-refractivity contribution in [3.8, 4) is 11.3 Å². The van der Waals surface area contributed by atoms with Crippen LogP contribution in [0.3, 0.4) is 0 Å². The monoisotopic (exact) mass is 235 g/mol. The van der Waals surface area contributed by atoms with E-state index < -0.39 is 5.82 Å². The molecule has 4 heteroatoms.